The minimum absolute atomic E-state index is 0.0773. The van der Waals surface area contributed by atoms with Crippen LogP contribution in [0.1, 0.15) is 56.0 Å². The number of carbonyl (C=O) groups is 2. The number of phenols is 1. The lowest BCUT2D eigenvalue weighted by Crippen LogP contribution is -2.17. The Morgan fingerprint density at radius 1 is 1.29 bits per heavy atom. The third-order valence-corrected chi connectivity index (χ3v) is 4.38. The number of esters is 1. The molecule has 0 fully saturated rings. The lowest BCUT2D eigenvalue weighted by atomic mass is 10.0. The van der Waals surface area contributed by atoms with Crippen molar-refractivity contribution in [1.29, 1.82) is 0 Å². The Morgan fingerprint density at radius 2 is 2.00 bits per heavy atom. The fourth-order valence-corrected chi connectivity index (χ4v) is 2.52. The largest absolute Gasteiger partial charge is 0.507 e. The molecule has 0 heterocycles. The topological polar surface area (TPSA) is 95.9 Å². The van der Waals surface area contributed by atoms with E-state index in [0.29, 0.717) is 30.1 Å². The summed E-state index contributed by atoms with van der Waals surface area (Å²) in [4.78, 5) is 23.9. The van der Waals surface area contributed by atoms with E-state index in [1.54, 1.807) is 24.3 Å². The molecule has 3 N–H and O–H groups in total. The molecule has 0 saturated heterocycles. The van der Waals surface area contributed by atoms with Crippen molar-refractivity contribution in [3.63, 3.8) is 0 Å². The van der Waals surface area contributed by atoms with Crippen molar-refractivity contribution in [2.24, 2.45) is 5.92 Å². The highest BCUT2D eigenvalue weighted by Gasteiger charge is 2.17. The van der Waals surface area contributed by atoms with Gasteiger partial charge in [-0.05, 0) is 43.4 Å². The second-order valence-corrected chi connectivity index (χ2v) is 6.62. The van der Waals surface area contributed by atoms with Gasteiger partial charge in [-0.25, -0.2) is 4.79 Å². The number of nitrogens with one attached hydrogen (secondary N) is 1. The molecule has 0 amide bonds. The molecule has 6 nitrogen and oxygen atoms in total. The average molecular weight is 389 g/mol. The van der Waals surface area contributed by atoms with E-state index in [0.717, 1.165) is 6.42 Å². The van der Waals surface area contributed by atoms with Crippen molar-refractivity contribution >= 4 is 23.5 Å². The number of phenolic OH excluding ortho intramolecular Hbond substituents is 1. The number of hydrogen-bond acceptors (Lipinski definition) is 6. The minimum atomic E-state index is -1.06. The number of aliphatic hydroxyl groups excluding tert-OH is 1. The van der Waals surface area contributed by atoms with Crippen LogP contribution in [-0.2, 0) is 9.53 Å². The smallest absolute Gasteiger partial charge is 0.342 e. The summed E-state index contributed by atoms with van der Waals surface area (Å²) in [5.41, 5.74) is 1.26. The maximum atomic E-state index is 12.0. The molecule has 0 bridgehead atoms. The normalized spacial score (nSPS) is 13.6. The first kappa shape index (κ1) is 23.4. The van der Waals surface area contributed by atoms with E-state index in [2.05, 4.69) is 5.32 Å². The van der Waals surface area contributed by atoms with Gasteiger partial charge >= 0.3 is 5.97 Å². The van der Waals surface area contributed by atoms with Crippen LogP contribution in [0.5, 0.6) is 5.75 Å². The van der Waals surface area contributed by atoms with Crippen LogP contribution < -0.4 is 5.32 Å². The summed E-state index contributed by atoms with van der Waals surface area (Å²) in [6.45, 7) is 6.63. The van der Waals surface area contributed by atoms with E-state index in [-0.39, 0.29) is 23.5 Å². The number of allylic oxidation sites excluding steroid dienone is 2. The lowest BCUT2D eigenvalue weighted by Gasteiger charge is -2.11. The molecule has 0 aliphatic heterocycles. The molecule has 1 rings (SSSR count). The highest BCUT2D eigenvalue weighted by Crippen LogP contribution is 2.28. The third-order valence-electron chi connectivity index (χ3n) is 4.38. The summed E-state index contributed by atoms with van der Waals surface area (Å²) in [7, 11) is 1.25. The van der Waals surface area contributed by atoms with Crippen LogP contribution in [0, 0.1) is 5.92 Å². The number of hydrogen-bond donors (Lipinski definition) is 3. The molecule has 1 aromatic rings. The fraction of sp³-hybridized carbons (Fsp3) is 0.455. The summed E-state index contributed by atoms with van der Waals surface area (Å²) in [6, 6.07) is 3.21. The number of ketones is 1. The Bertz CT molecular complexity index is 724. The number of rotatable bonds is 11. The van der Waals surface area contributed by atoms with Crippen LogP contribution in [0.25, 0.3) is 6.08 Å². The van der Waals surface area contributed by atoms with Crippen LogP contribution >= 0.6 is 0 Å². The predicted octanol–water partition coefficient (Wildman–Crippen LogP) is 3.94. The third kappa shape index (κ3) is 7.19. The summed E-state index contributed by atoms with van der Waals surface area (Å²) in [5.74, 6) is -0.818. The Morgan fingerprint density at radius 3 is 2.61 bits per heavy atom. The maximum Gasteiger partial charge on any atom is 0.342 e. The molecule has 0 radical (unpaired) electrons. The van der Waals surface area contributed by atoms with Crippen LogP contribution in [0.4, 0.5) is 5.69 Å². The predicted molar refractivity (Wildman–Crippen MR) is 111 cm³/mol. The lowest BCUT2D eigenvalue weighted by molar-refractivity contribution is -0.122. The van der Waals surface area contributed by atoms with Crippen molar-refractivity contribution < 1.29 is 24.5 Å². The van der Waals surface area contributed by atoms with E-state index in [4.69, 9.17) is 4.74 Å². The van der Waals surface area contributed by atoms with Gasteiger partial charge in [0.2, 0.25) is 0 Å². The van der Waals surface area contributed by atoms with Gasteiger partial charge in [-0.1, -0.05) is 38.5 Å². The van der Waals surface area contributed by atoms with Gasteiger partial charge in [0.1, 0.15) is 17.4 Å². The summed E-state index contributed by atoms with van der Waals surface area (Å²) >= 11 is 0. The van der Waals surface area contributed by atoms with Gasteiger partial charge in [-0.2, -0.15) is 0 Å². The molecule has 0 aromatic heterocycles. The Balaban J connectivity index is 2.83. The summed E-state index contributed by atoms with van der Waals surface area (Å²) in [6.07, 6.45) is 7.26. The zero-order chi connectivity index (χ0) is 21.1. The Labute approximate surface area is 166 Å². The molecular weight excluding hydrogens is 358 g/mol. The molecule has 0 spiro atoms. The molecule has 1 aromatic carbocycles. The van der Waals surface area contributed by atoms with E-state index >= 15 is 0 Å². The quantitative estimate of drug-likeness (QED) is 0.392. The second kappa shape index (κ2) is 12.0. The Hall–Kier alpha value is -2.60. The molecule has 0 unspecified atom stereocenters. The molecule has 2 atom stereocenters. The number of carbonyl (C=O) groups excluding carboxylic acids is 2. The van der Waals surface area contributed by atoms with Gasteiger partial charge in [-0.3, -0.25) is 4.79 Å². The van der Waals surface area contributed by atoms with Gasteiger partial charge in [-0.15, -0.1) is 0 Å². The van der Waals surface area contributed by atoms with E-state index in [9.17, 15) is 19.8 Å². The summed E-state index contributed by atoms with van der Waals surface area (Å²) in [5, 5.41) is 23.2. The first-order chi connectivity index (χ1) is 13.3. The van der Waals surface area contributed by atoms with Crippen molar-refractivity contribution in [2.75, 3.05) is 19.0 Å². The number of ether oxygens (including phenoxy) is 1. The highest BCUT2D eigenvalue weighted by atomic mass is 16.5. The molecule has 0 aliphatic carbocycles. The molecule has 6 heteroatoms. The van der Waals surface area contributed by atoms with Gasteiger partial charge in [0.05, 0.1) is 7.11 Å². The first-order valence-electron chi connectivity index (χ1n) is 9.59. The van der Waals surface area contributed by atoms with E-state index < -0.39 is 12.1 Å². The second-order valence-electron chi connectivity index (χ2n) is 6.62. The number of aromatic hydroxyl groups is 1. The van der Waals surface area contributed by atoms with Gasteiger partial charge in [0.15, 0.2) is 5.78 Å². The number of aliphatic hydroxyl groups is 1. The van der Waals surface area contributed by atoms with Crippen LogP contribution in [0.15, 0.2) is 30.4 Å². The van der Waals surface area contributed by atoms with Crippen LogP contribution in [-0.4, -0.2) is 41.7 Å². The summed E-state index contributed by atoms with van der Waals surface area (Å²) < 4.78 is 4.74. The zero-order valence-electron chi connectivity index (χ0n) is 17.1. The van der Waals surface area contributed by atoms with Crippen molar-refractivity contribution in [2.45, 2.75) is 46.1 Å². The maximum absolute atomic E-state index is 12.0. The first-order valence-corrected chi connectivity index (χ1v) is 9.59. The van der Waals surface area contributed by atoms with Crippen LogP contribution in [0.2, 0.25) is 0 Å². The molecule has 28 heavy (non-hydrogen) atoms. The van der Waals surface area contributed by atoms with Crippen LogP contribution in [0.3, 0.4) is 0 Å². The van der Waals surface area contributed by atoms with Crippen molar-refractivity contribution in [3.8, 4) is 5.75 Å². The van der Waals surface area contributed by atoms with Gasteiger partial charge < -0.3 is 20.3 Å². The van der Waals surface area contributed by atoms with Crippen molar-refractivity contribution in [3.05, 3.63) is 41.5 Å². The molecule has 154 valence electrons. The monoisotopic (exact) mass is 389 g/mol. The molecule has 0 aliphatic rings. The number of methoxy groups -OCH3 is 1. The van der Waals surface area contributed by atoms with Gasteiger partial charge in [0, 0.05) is 18.3 Å². The number of benzene rings is 1. The molecule has 0 saturated carbocycles. The van der Waals surface area contributed by atoms with E-state index in [1.807, 2.05) is 20.8 Å². The van der Waals surface area contributed by atoms with Crippen molar-refractivity contribution in [1.82, 2.24) is 0 Å². The minimum Gasteiger partial charge on any atom is -0.507 e. The SMILES string of the molecule is CCNc1cc(O)c(C(=O)OC)c(/C=C/CC[C@H](O)C(=O)/C=C\[C@@H](C)CC)c1. The standard InChI is InChI=1S/C22H31NO5/c1-5-15(3)11-12-19(25)18(24)10-8-7-9-16-13-17(23-6-2)14-20(26)21(16)22(27)28-4/h7,9,11-15,18,23-24,26H,5-6,8,10H2,1-4H3/b9-7+,12-11-/t15-,18-/m0/s1. The molecular formula is C22H31NO5. The van der Waals surface area contributed by atoms with E-state index in [1.165, 1.54) is 19.3 Å². The van der Waals surface area contributed by atoms with Gasteiger partial charge in [0.25, 0.3) is 0 Å². The number of anilines is 1. The fourth-order valence-electron chi connectivity index (χ4n) is 2.52. The zero-order valence-corrected chi connectivity index (χ0v) is 17.1. The average Bonchev–Trinajstić information content (AvgIpc) is 2.68. The Kier molecular flexibility index (Phi) is 10.0. The highest BCUT2D eigenvalue weighted by molar-refractivity contribution is 5.97.